The molecule has 0 amide bonds. The summed E-state index contributed by atoms with van der Waals surface area (Å²) in [6.07, 6.45) is -4.43. The van der Waals surface area contributed by atoms with Crippen LogP contribution in [0.3, 0.4) is 0 Å². The van der Waals surface area contributed by atoms with Gasteiger partial charge in [0.15, 0.2) is 0 Å². The van der Waals surface area contributed by atoms with Gasteiger partial charge in [0.2, 0.25) is 0 Å². The highest BCUT2D eigenvalue weighted by Gasteiger charge is 2.33. The molecule has 1 atom stereocenters. The van der Waals surface area contributed by atoms with Gasteiger partial charge in [0.1, 0.15) is 0 Å². The third-order valence-electron chi connectivity index (χ3n) is 2.75. The summed E-state index contributed by atoms with van der Waals surface area (Å²) in [6.45, 7) is 0. The predicted molar refractivity (Wildman–Crippen MR) is 78.3 cm³/mol. The number of hydrogen-bond acceptors (Lipinski definition) is 0. The first-order valence-electron chi connectivity index (χ1n) is 5.55. The van der Waals surface area contributed by atoms with Crippen molar-refractivity contribution < 1.29 is 13.2 Å². The lowest BCUT2D eigenvalue weighted by atomic mass is 10.0. The summed E-state index contributed by atoms with van der Waals surface area (Å²) in [5.74, 6) is 0. The summed E-state index contributed by atoms with van der Waals surface area (Å²) < 4.78 is 38.6. The van der Waals surface area contributed by atoms with Crippen molar-refractivity contribution in [2.45, 2.75) is 11.6 Å². The van der Waals surface area contributed by atoms with E-state index in [1.165, 1.54) is 6.07 Å². The topological polar surface area (TPSA) is 0 Å². The third kappa shape index (κ3) is 3.48. The van der Waals surface area contributed by atoms with Crippen LogP contribution < -0.4 is 0 Å². The molecule has 106 valence electrons. The van der Waals surface area contributed by atoms with Crippen LogP contribution in [0.1, 0.15) is 22.1 Å². The van der Waals surface area contributed by atoms with Crippen molar-refractivity contribution in [3.8, 4) is 0 Å². The first kappa shape index (κ1) is 15.7. The van der Waals surface area contributed by atoms with E-state index < -0.39 is 17.1 Å². The van der Waals surface area contributed by atoms with Crippen LogP contribution in [0.25, 0.3) is 0 Å². The van der Waals surface area contributed by atoms with Gasteiger partial charge in [-0.05, 0) is 35.4 Å². The van der Waals surface area contributed by atoms with Gasteiger partial charge in [0.25, 0.3) is 0 Å². The average Bonchev–Trinajstić information content (AvgIpc) is 2.38. The summed E-state index contributed by atoms with van der Waals surface area (Å²) in [5.41, 5.74) is 0.325. The Labute approximate surface area is 132 Å². The molecule has 1 unspecified atom stereocenters. The first-order valence-corrected chi connectivity index (χ1v) is 7.16. The number of halogens is 6. The van der Waals surface area contributed by atoms with E-state index in [1.807, 2.05) is 0 Å². The van der Waals surface area contributed by atoms with Gasteiger partial charge < -0.3 is 0 Å². The lowest BCUT2D eigenvalue weighted by Crippen LogP contribution is -2.07. The van der Waals surface area contributed by atoms with Crippen molar-refractivity contribution in [2.24, 2.45) is 0 Å². The molecule has 20 heavy (non-hydrogen) atoms. The molecule has 0 aliphatic heterocycles. The summed E-state index contributed by atoms with van der Waals surface area (Å²) in [7, 11) is 0. The maximum absolute atomic E-state index is 12.9. The predicted octanol–water partition coefficient (Wildman–Crippen LogP) is 6.45. The Morgan fingerprint density at radius 3 is 2.05 bits per heavy atom. The Morgan fingerprint density at radius 2 is 1.50 bits per heavy atom. The van der Waals surface area contributed by atoms with Gasteiger partial charge in [-0.3, -0.25) is 0 Å². The number of alkyl halides is 4. The van der Waals surface area contributed by atoms with Crippen molar-refractivity contribution in [3.63, 3.8) is 0 Å². The molecule has 0 bridgehead atoms. The molecule has 0 aliphatic carbocycles. The average molecular weight is 384 g/mol. The van der Waals surface area contributed by atoms with E-state index in [1.54, 1.807) is 30.3 Å². The van der Waals surface area contributed by atoms with Crippen LogP contribution >= 0.6 is 39.1 Å². The van der Waals surface area contributed by atoms with Gasteiger partial charge in [-0.15, -0.1) is 11.6 Å². The first-order chi connectivity index (χ1) is 9.29. The molecule has 0 spiro atoms. The minimum atomic E-state index is -4.43. The molecule has 2 aromatic carbocycles. The fraction of sp³-hybridized carbons (Fsp3) is 0.143. The fourth-order valence-corrected chi connectivity index (χ4v) is 2.62. The Bertz CT molecular complexity index is 609. The molecule has 0 radical (unpaired) electrons. The molecule has 2 rings (SSSR count). The molecule has 0 heterocycles. The molecular formula is C14H8BrCl2F3. The Hall–Kier alpha value is -0.710. The third-order valence-corrected chi connectivity index (χ3v) is 4.20. The molecule has 0 fully saturated rings. The van der Waals surface area contributed by atoms with Gasteiger partial charge in [0, 0.05) is 9.50 Å². The van der Waals surface area contributed by atoms with Crippen LogP contribution in [0.15, 0.2) is 46.9 Å². The normalized spacial score (nSPS) is 13.3. The van der Waals surface area contributed by atoms with Crippen LogP contribution in [-0.2, 0) is 6.18 Å². The van der Waals surface area contributed by atoms with E-state index in [-0.39, 0.29) is 4.47 Å². The lowest BCUT2D eigenvalue weighted by Gasteiger charge is -2.15. The summed E-state index contributed by atoms with van der Waals surface area (Å²) in [5, 5.41) is -0.120. The highest BCUT2D eigenvalue weighted by Crippen LogP contribution is 2.38. The van der Waals surface area contributed by atoms with Gasteiger partial charge in [0.05, 0.1) is 10.9 Å². The van der Waals surface area contributed by atoms with Crippen LogP contribution in [0.2, 0.25) is 5.02 Å². The molecule has 6 heteroatoms. The highest BCUT2D eigenvalue weighted by atomic mass is 79.9. The second kappa shape index (κ2) is 5.96. The fourth-order valence-electron chi connectivity index (χ4n) is 1.74. The van der Waals surface area contributed by atoms with E-state index >= 15 is 0 Å². The number of hydrogen-bond donors (Lipinski definition) is 0. The SMILES string of the molecule is FC(F)(F)c1cc(C(Cl)c2ccc(Cl)cc2)ccc1Br. The molecular weight excluding hydrogens is 376 g/mol. The van der Waals surface area contributed by atoms with Crippen molar-refractivity contribution in [1.29, 1.82) is 0 Å². The Morgan fingerprint density at radius 1 is 0.950 bits per heavy atom. The minimum Gasteiger partial charge on any atom is -0.166 e. The molecule has 0 nitrogen and oxygen atoms in total. The second-order valence-electron chi connectivity index (χ2n) is 4.15. The van der Waals surface area contributed by atoms with Crippen LogP contribution in [0, 0.1) is 0 Å². The monoisotopic (exact) mass is 382 g/mol. The zero-order chi connectivity index (χ0) is 14.9. The molecule has 2 aromatic rings. The Balaban J connectivity index is 2.40. The maximum atomic E-state index is 12.9. The molecule has 0 N–H and O–H groups in total. The van der Waals surface area contributed by atoms with Gasteiger partial charge in [-0.2, -0.15) is 13.2 Å². The van der Waals surface area contributed by atoms with E-state index in [9.17, 15) is 13.2 Å². The summed E-state index contributed by atoms with van der Waals surface area (Å²) >= 11 is 14.9. The molecule has 0 saturated carbocycles. The van der Waals surface area contributed by atoms with Crippen LogP contribution in [0.5, 0.6) is 0 Å². The van der Waals surface area contributed by atoms with Gasteiger partial charge in [-0.1, -0.05) is 45.7 Å². The summed E-state index contributed by atoms with van der Waals surface area (Å²) in [6, 6.07) is 10.6. The van der Waals surface area contributed by atoms with Crippen molar-refractivity contribution in [2.75, 3.05) is 0 Å². The van der Waals surface area contributed by atoms with Crippen molar-refractivity contribution >= 4 is 39.1 Å². The zero-order valence-electron chi connectivity index (χ0n) is 9.89. The van der Waals surface area contributed by atoms with E-state index in [4.69, 9.17) is 23.2 Å². The van der Waals surface area contributed by atoms with E-state index in [0.29, 0.717) is 16.1 Å². The zero-order valence-corrected chi connectivity index (χ0v) is 13.0. The molecule has 0 aliphatic rings. The quantitative estimate of drug-likeness (QED) is 0.522. The van der Waals surface area contributed by atoms with E-state index in [0.717, 1.165) is 6.07 Å². The number of rotatable bonds is 2. The minimum absolute atomic E-state index is 0.00581. The number of benzene rings is 2. The van der Waals surface area contributed by atoms with Crippen LogP contribution in [0.4, 0.5) is 13.2 Å². The lowest BCUT2D eigenvalue weighted by molar-refractivity contribution is -0.138. The van der Waals surface area contributed by atoms with Crippen molar-refractivity contribution in [3.05, 3.63) is 68.7 Å². The molecule has 0 saturated heterocycles. The Kier molecular flexibility index (Phi) is 4.67. The van der Waals surface area contributed by atoms with E-state index in [2.05, 4.69) is 15.9 Å². The highest BCUT2D eigenvalue weighted by molar-refractivity contribution is 9.10. The van der Waals surface area contributed by atoms with Gasteiger partial charge >= 0.3 is 6.18 Å². The standard InChI is InChI=1S/C14H8BrCl2F3/c15-12-6-3-9(7-11(12)14(18,19)20)13(17)8-1-4-10(16)5-2-8/h1-7,13H. The molecule has 0 aromatic heterocycles. The summed E-state index contributed by atoms with van der Waals surface area (Å²) in [4.78, 5) is 0. The largest absolute Gasteiger partial charge is 0.417 e. The van der Waals surface area contributed by atoms with Gasteiger partial charge in [-0.25, -0.2) is 0 Å². The maximum Gasteiger partial charge on any atom is 0.417 e. The van der Waals surface area contributed by atoms with Crippen LogP contribution in [-0.4, -0.2) is 0 Å². The van der Waals surface area contributed by atoms with Crippen molar-refractivity contribution in [1.82, 2.24) is 0 Å². The smallest absolute Gasteiger partial charge is 0.166 e. The second-order valence-corrected chi connectivity index (χ2v) is 5.88.